The van der Waals surface area contributed by atoms with Gasteiger partial charge in [-0.05, 0) is 49.7 Å². The minimum atomic E-state index is 0.240. The van der Waals surface area contributed by atoms with Gasteiger partial charge in [0.05, 0.1) is 6.67 Å². The number of amides is 1. The fourth-order valence-corrected chi connectivity index (χ4v) is 4.27. The van der Waals surface area contributed by atoms with E-state index in [4.69, 9.17) is 21.4 Å². The lowest BCUT2D eigenvalue weighted by molar-refractivity contribution is -0.137. The highest BCUT2D eigenvalue weighted by Crippen LogP contribution is 2.27. The predicted octanol–water partition coefficient (Wildman–Crippen LogP) is 3.38. The minimum absolute atomic E-state index is 0.240. The van der Waals surface area contributed by atoms with E-state index in [9.17, 15) is 4.79 Å². The summed E-state index contributed by atoms with van der Waals surface area (Å²) in [4.78, 5) is 17.2. The van der Waals surface area contributed by atoms with Crippen molar-refractivity contribution in [3.05, 3.63) is 40.6 Å². The van der Waals surface area contributed by atoms with E-state index in [-0.39, 0.29) is 12.5 Å². The number of hydrogen-bond acceptors (Lipinski definition) is 6. The van der Waals surface area contributed by atoms with E-state index in [1.54, 1.807) is 4.68 Å². The maximum atomic E-state index is 12.6. The third-order valence-electron chi connectivity index (χ3n) is 5.72. The van der Waals surface area contributed by atoms with Crippen LogP contribution in [0, 0.1) is 17.7 Å². The van der Waals surface area contributed by atoms with Crippen molar-refractivity contribution < 1.29 is 13.9 Å². The average molecular weight is 417 g/mol. The number of nitrogens with zero attached hydrogens (tertiary/aromatic N) is 4. The van der Waals surface area contributed by atoms with Gasteiger partial charge in [0.1, 0.15) is 5.75 Å². The molecule has 2 heterocycles. The normalized spacial score (nSPS) is 18.3. The van der Waals surface area contributed by atoms with Gasteiger partial charge >= 0.3 is 0 Å². The Bertz CT molecular complexity index is 895. The highest BCUT2D eigenvalue weighted by Gasteiger charge is 2.29. The molecule has 0 N–H and O–H groups in total. The molecule has 1 aliphatic heterocycles. The summed E-state index contributed by atoms with van der Waals surface area (Å²) >= 11 is 5.32. The van der Waals surface area contributed by atoms with Crippen LogP contribution in [-0.2, 0) is 18.1 Å². The van der Waals surface area contributed by atoms with Crippen molar-refractivity contribution in [3.8, 4) is 5.75 Å². The first-order valence-electron chi connectivity index (χ1n) is 10.4. The van der Waals surface area contributed by atoms with E-state index >= 15 is 0 Å². The molecule has 2 aromatic rings. The molecule has 7 nitrogen and oxygen atoms in total. The number of ether oxygens (including phenoxy) is 1. The number of benzene rings is 1. The molecule has 156 valence electrons. The number of aryl methyl sites for hydroxylation is 1. The second-order valence-electron chi connectivity index (χ2n) is 7.93. The molecule has 1 aliphatic carbocycles. The summed E-state index contributed by atoms with van der Waals surface area (Å²) in [7, 11) is 0. The van der Waals surface area contributed by atoms with Crippen LogP contribution in [0.5, 0.6) is 5.75 Å². The summed E-state index contributed by atoms with van der Waals surface area (Å²) in [5, 5.41) is 4.46. The molecular weight excluding hydrogens is 388 g/mol. The van der Waals surface area contributed by atoms with E-state index in [1.165, 1.54) is 12.8 Å². The highest BCUT2D eigenvalue weighted by atomic mass is 32.1. The van der Waals surface area contributed by atoms with Crippen molar-refractivity contribution in [2.75, 3.05) is 26.2 Å². The summed E-state index contributed by atoms with van der Waals surface area (Å²) in [5.74, 6) is 1.84. The van der Waals surface area contributed by atoms with Gasteiger partial charge in [0, 0.05) is 32.1 Å². The molecule has 1 saturated carbocycles. The Hall–Kier alpha value is -2.19. The van der Waals surface area contributed by atoms with E-state index in [0.717, 1.165) is 50.3 Å². The quantitative estimate of drug-likeness (QED) is 0.673. The molecule has 1 aromatic carbocycles. The third-order valence-corrected chi connectivity index (χ3v) is 6.02. The van der Waals surface area contributed by atoms with Crippen LogP contribution in [0.15, 0.2) is 28.7 Å². The Labute approximate surface area is 176 Å². The summed E-state index contributed by atoms with van der Waals surface area (Å²) in [6.45, 7) is 6.01. The van der Waals surface area contributed by atoms with Crippen LogP contribution in [0.3, 0.4) is 0 Å². The Morgan fingerprint density at radius 1 is 1.24 bits per heavy atom. The van der Waals surface area contributed by atoms with E-state index < -0.39 is 0 Å². The standard InChI is InChI=1S/C21H28N4O3S/c1-16-5-4-8-18(13-16)27-14-19-22-25(21(29)28-19)15-23-9-11-24(12-10-23)20(26)17-6-2-3-7-17/h4-5,8,13,17H,2-3,6-7,9-12,14-15H2,1H3. The van der Waals surface area contributed by atoms with Gasteiger partial charge in [0.2, 0.25) is 5.91 Å². The van der Waals surface area contributed by atoms with Crippen LogP contribution >= 0.6 is 12.2 Å². The fraction of sp³-hybridized carbons (Fsp3) is 0.571. The van der Waals surface area contributed by atoms with E-state index in [2.05, 4.69) is 10.00 Å². The van der Waals surface area contributed by atoms with Gasteiger partial charge in [-0.3, -0.25) is 9.69 Å². The molecular formula is C21H28N4O3S. The highest BCUT2D eigenvalue weighted by molar-refractivity contribution is 7.71. The van der Waals surface area contributed by atoms with Gasteiger partial charge < -0.3 is 14.1 Å². The number of carbonyl (C=O) groups excluding carboxylic acids is 1. The number of aromatic nitrogens is 2. The summed E-state index contributed by atoms with van der Waals surface area (Å²) in [6, 6.07) is 7.85. The number of rotatable bonds is 6. The SMILES string of the molecule is Cc1cccc(OCc2nn(CN3CCN(C(=O)C4CCCC4)CC3)c(=S)o2)c1. The van der Waals surface area contributed by atoms with Gasteiger partial charge in [0.25, 0.3) is 10.7 Å². The van der Waals surface area contributed by atoms with E-state index in [0.29, 0.717) is 23.3 Å². The topological polar surface area (TPSA) is 63.7 Å². The lowest BCUT2D eigenvalue weighted by atomic mass is 10.1. The van der Waals surface area contributed by atoms with Crippen molar-refractivity contribution in [1.29, 1.82) is 0 Å². The summed E-state index contributed by atoms with van der Waals surface area (Å²) in [6.07, 6.45) is 4.49. The Morgan fingerprint density at radius 3 is 2.72 bits per heavy atom. The van der Waals surface area contributed by atoms with Crippen molar-refractivity contribution >= 4 is 18.1 Å². The fourth-order valence-electron chi connectivity index (χ4n) is 4.08. The molecule has 4 rings (SSSR count). The molecule has 1 amide bonds. The molecule has 0 unspecified atom stereocenters. The molecule has 0 bridgehead atoms. The van der Waals surface area contributed by atoms with Crippen LogP contribution in [0.4, 0.5) is 0 Å². The zero-order chi connectivity index (χ0) is 20.2. The largest absolute Gasteiger partial charge is 0.484 e. The second kappa shape index (κ2) is 9.09. The maximum absolute atomic E-state index is 12.6. The lowest BCUT2D eigenvalue weighted by Crippen LogP contribution is -2.50. The number of piperazine rings is 1. The van der Waals surface area contributed by atoms with Crippen molar-refractivity contribution in [1.82, 2.24) is 19.6 Å². The smallest absolute Gasteiger partial charge is 0.288 e. The zero-order valence-electron chi connectivity index (χ0n) is 16.9. The Morgan fingerprint density at radius 2 is 2.00 bits per heavy atom. The van der Waals surface area contributed by atoms with Gasteiger partial charge in [-0.1, -0.05) is 25.0 Å². The number of carbonyl (C=O) groups is 1. The summed E-state index contributed by atoms with van der Waals surface area (Å²) in [5.41, 5.74) is 1.14. The molecule has 2 fully saturated rings. The first-order chi connectivity index (χ1) is 14.1. The lowest BCUT2D eigenvalue weighted by Gasteiger charge is -2.35. The monoisotopic (exact) mass is 416 g/mol. The van der Waals surface area contributed by atoms with Crippen LogP contribution < -0.4 is 4.74 Å². The Balaban J connectivity index is 1.28. The Kier molecular flexibility index (Phi) is 6.30. The number of hydrogen-bond donors (Lipinski definition) is 0. The van der Waals surface area contributed by atoms with Crippen LogP contribution in [-0.4, -0.2) is 51.7 Å². The maximum Gasteiger partial charge on any atom is 0.288 e. The van der Waals surface area contributed by atoms with E-state index in [1.807, 2.05) is 36.1 Å². The van der Waals surface area contributed by atoms with Gasteiger partial charge in [-0.15, -0.1) is 5.10 Å². The van der Waals surface area contributed by atoms with Gasteiger partial charge in [0.15, 0.2) is 6.61 Å². The summed E-state index contributed by atoms with van der Waals surface area (Å²) < 4.78 is 13.0. The molecule has 8 heteroatoms. The van der Waals surface area contributed by atoms with Crippen LogP contribution in [0.2, 0.25) is 0 Å². The van der Waals surface area contributed by atoms with Crippen molar-refractivity contribution in [3.63, 3.8) is 0 Å². The minimum Gasteiger partial charge on any atom is -0.484 e. The van der Waals surface area contributed by atoms with Crippen LogP contribution in [0.25, 0.3) is 0 Å². The van der Waals surface area contributed by atoms with Gasteiger partial charge in [-0.25, -0.2) is 4.68 Å². The molecule has 0 atom stereocenters. The first kappa shape index (κ1) is 20.1. The zero-order valence-corrected chi connectivity index (χ0v) is 17.7. The molecule has 0 spiro atoms. The van der Waals surface area contributed by atoms with Gasteiger partial charge in [-0.2, -0.15) is 0 Å². The van der Waals surface area contributed by atoms with Crippen molar-refractivity contribution in [2.45, 2.75) is 45.9 Å². The third kappa shape index (κ3) is 5.05. The molecule has 1 aromatic heterocycles. The molecule has 29 heavy (non-hydrogen) atoms. The van der Waals surface area contributed by atoms with Crippen LogP contribution in [0.1, 0.15) is 37.1 Å². The molecule has 0 radical (unpaired) electrons. The first-order valence-corrected chi connectivity index (χ1v) is 10.8. The predicted molar refractivity (Wildman–Crippen MR) is 111 cm³/mol. The molecule has 2 aliphatic rings. The average Bonchev–Trinajstić information content (AvgIpc) is 3.37. The second-order valence-corrected chi connectivity index (χ2v) is 8.28. The molecule has 1 saturated heterocycles. The van der Waals surface area contributed by atoms with Crippen molar-refractivity contribution in [2.24, 2.45) is 5.92 Å².